The summed E-state index contributed by atoms with van der Waals surface area (Å²) in [6.07, 6.45) is 4.06. The van der Waals surface area contributed by atoms with Crippen molar-refractivity contribution in [1.82, 2.24) is 20.9 Å². The minimum atomic E-state index is -0.0151. The number of likely N-dealkylation sites (tertiary alicyclic amines) is 1. The van der Waals surface area contributed by atoms with E-state index in [0.29, 0.717) is 18.4 Å². The number of carbonyl (C=O) groups excluding carboxylic acids is 1. The molecule has 122 valence electrons. The molecule has 1 unspecified atom stereocenters. The van der Waals surface area contributed by atoms with Gasteiger partial charge in [0.25, 0.3) is 0 Å². The molecule has 1 aliphatic rings. The SMILES string of the molecule is C=CC[C@H](NC)NCN1CC[C@H](C(C)C)C1C(=O)NCC. The number of hydrogen-bond donors (Lipinski definition) is 3. The predicted molar refractivity (Wildman–Crippen MR) is 87.8 cm³/mol. The fourth-order valence-corrected chi connectivity index (χ4v) is 3.09. The summed E-state index contributed by atoms with van der Waals surface area (Å²) in [5.41, 5.74) is 0. The van der Waals surface area contributed by atoms with Crippen molar-refractivity contribution < 1.29 is 4.79 Å². The van der Waals surface area contributed by atoms with Gasteiger partial charge in [0.15, 0.2) is 0 Å². The van der Waals surface area contributed by atoms with Crippen LogP contribution in [0.4, 0.5) is 0 Å². The molecule has 0 saturated carbocycles. The summed E-state index contributed by atoms with van der Waals surface area (Å²) in [5, 5.41) is 9.67. The third-order valence-corrected chi connectivity index (χ3v) is 4.32. The molecular weight excluding hydrogens is 264 g/mol. The number of nitrogens with zero attached hydrogens (tertiary/aromatic N) is 1. The zero-order valence-electron chi connectivity index (χ0n) is 14.0. The minimum Gasteiger partial charge on any atom is -0.355 e. The van der Waals surface area contributed by atoms with Crippen molar-refractivity contribution in [1.29, 1.82) is 0 Å². The highest BCUT2D eigenvalue weighted by atomic mass is 16.2. The Bertz CT molecular complexity index is 332. The van der Waals surface area contributed by atoms with E-state index >= 15 is 0 Å². The molecule has 0 radical (unpaired) electrons. The van der Waals surface area contributed by atoms with Gasteiger partial charge >= 0.3 is 0 Å². The molecule has 0 aromatic rings. The smallest absolute Gasteiger partial charge is 0.237 e. The maximum Gasteiger partial charge on any atom is 0.237 e. The van der Waals surface area contributed by atoms with Crippen LogP contribution in [0.2, 0.25) is 0 Å². The predicted octanol–water partition coefficient (Wildman–Crippen LogP) is 1.14. The van der Waals surface area contributed by atoms with E-state index in [2.05, 4.69) is 41.3 Å². The van der Waals surface area contributed by atoms with E-state index in [1.54, 1.807) is 0 Å². The van der Waals surface area contributed by atoms with Gasteiger partial charge in [-0.25, -0.2) is 0 Å². The Balaban J connectivity index is 2.66. The van der Waals surface area contributed by atoms with Crippen LogP contribution in [0.3, 0.4) is 0 Å². The van der Waals surface area contributed by atoms with Gasteiger partial charge in [-0.2, -0.15) is 0 Å². The summed E-state index contributed by atoms with van der Waals surface area (Å²) >= 11 is 0. The number of rotatable bonds is 9. The first-order chi connectivity index (χ1) is 10.0. The van der Waals surface area contributed by atoms with E-state index < -0.39 is 0 Å². The Hall–Kier alpha value is -0.910. The zero-order chi connectivity index (χ0) is 15.8. The standard InChI is InChI=1S/C16H32N4O/c1-6-8-14(17-5)19-11-20-10-9-13(12(3)4)15(20)16(21)18-7-2/h6,12-15,17,19H,1,7-11H2,2-5H3,(H,18,21)/t13-,14-,15?/m1/s1. The largest absolute Gasteiger partial charge is 0.355 e. The highest BCUT2D eigenvalue weighted by Gasteiger charge is 2.40. The average molecular weight is 296 g/mol. The minimum absolute atomic E-state index is 0.0151. The van der Waals surface area contributed by atoms with Crippen LogP contribution in [0.5, 0.6) is 0 Å². The van der Waals surface area contributed by atoms with Gasteiger partial charge in [-0.05, 0) is 38.6 Å². The third kappa shape index (κ3) is 5.09. The Morgan fingerprint density at radius 3 is 2.71 bits per heavy atom. The fraction of sp³-hybridized carbons (Fsp3) is 0.812. The molecule has 0 aromatic carbocycles. The van der Waals surface area contributed by atoms with Gasteiger partial charge in [-0.15, -0.1) is 6.58 Å². The van der Waals surface area contributed by atoms with E-state index in [4.69, 9.17) is 0 Å². The van der Waals surface area contributed by atoms with Gasteiger partial charge in [0.05, 0.1) is 18.9 Å². The van der Waals surface area contributed by atoms with Crippen molar-refractivity contribution in [2.24, 2.45) is 11.8 Å². The highest BCUT2D eigenvalue weighted by Crippen LogP contribution is 2.30. The molecular formula is C16H32N4O. The van der Waals surface area contributed by atoms with Crippen LogP contribution in [0.15, 0.2) is 12.7 Å². The third-order valence-electron chi connectivity index (χ3n) is 4.32. The molecule has 1 amide bonds. The molecule has 1 fully saturated rings. The summed E-state index contributed by atoms with van der Waals surface area (Å²) in [7, 11) is 1.93. The first-order valence-corrected chi connectivity index (χ1v) is 8.08. The Morgan fingerprint density at radius 1 is 1.48 bits per heavy atom. The van der Waals surface area contributed by atoms with Gasteiger partial charge in [0.2, 0.25) is 5.91 Å². The summed E-state index contributed by atoms with van der Waals surface area (Å²) < 4.78 is 0. The molecule has 0 bridgehead atoms. The van der Waals surface area contributed by atoms with E-state index in [-0.39, 0.29) is 18.1 Å². The van der Waals surface area contributed by atoms with E-state index in [9.17, 15) is 4.79 Å². The van der Waals surface area contributed by atoms with Crippen molar-refractivity contribution in [3.05, 3.63) is 12.7 Å². The number of amides is 1. The maximum absolute atomic E-state index is 12.4. The van der Waals surface area contributed by atoms with Gasteiger partial charge in [0.1, 0.15) is 0 Å². The molecule has 1 saturated heterocycles. The van der Waals surface area contributed by atoms with Crippen molar-refractivity contribution >= 4 is 5.91 Å². The highest BCUT2D eigenvalue weighted by molar-refractivity contribution is 5.82. The molecule has 1 heterocycles. The second-order valence-electron chi connectivity index (χ2n) is 6.08. The topological polar surface area (TPSA) is 56.4 Å². The lowest BCUT2D eigenvalue weighted by atomic mass is 9.88. The molecule has 1 aliphatic heterocycles. The van der Waals surface area contributed by atoms with Gasteiger partial charge in [-0.1, -0.05) is 19.9 Å². The molecule has 0 aliphatic carbocycles. The fourth-order valence-electron chi connectivity index (χ4n) is 3.09. The zero-order valence-corrected chi connectivity index (χ0v) is 14.0. The van der Waals surface area contributed by atoms with Gasteiger partial charge in [0, 0.05) is 13.1 Å². The van der Waals surface area contributed by atoms with E-state index in [1.165, 1.54) is 0 Å². The molecule has 0 aromatic heterocycles. The maximum atomic E-state index is 12.4. The van der Waals surface area contributed by atoms with Crippen molar-refractivity contribution in [3.8, 4) is 0 Å². The van der Waals surface area contributed by atoms with Crippen LogP contribution in [0.1, 0.15) is 33.6 Å². The average Bonchev–Trinajstić information content (AvgIpc) is 2.87. The first-order valence-electron chi connectivity index (χ1n) is 8.08. The molecule has 5 heteroatoms. The monoisotopic (exact) mass is 296 g/mol. The Kier molecular flexibility index (Phi) is 7.93. The molecule has 21 heavy (non-hydrogen) atoms. The number of carbonyl (C=O) groups is 1. The van der Waals surface area contributed by atoms with E-state index in [1.807, 2.05) is 20.0 Å². The second kappa shape index (κ2) is 9.18. The summed E-state index contributed by atoms with van der Waals surface area (Å²) in [4.78, 5) is 14.7. The number of hydrogen-bond acceptors (Lipinski definition) is 4. The molecule has 3 atom stereocenters. The van der Waals surface area contributed by atoms with Crippen molar-refractivity contribution in [3.63, 3.8) is 0 Å². The van der Waals surface area contributed by atoms with Crippen LogP contribution in [-0.2, 0) is 4.79 Å². The molecule has 1 rings (SSSR count). The van der Waals surface area contributed by atoms with Crippen molar-refractivity contribution in [2.45, 2.75) is 45.8 Å². The summed E-state index contributed by atoms with van der Waals surface area (Å²) in [6.45, 7) is 12.6. The first kappa shape index (κ1) is 18.1. The number of nitrogens with one attached hydrogen (secondary N) is 3. The van der Waals surface area contributed by atoms with Crippen LogP contribution in [0.25, 0.3) is 0 Å². The lowest BCUT2D eigenvalue weighted by Crippen LogP contribution is -2.52. The van der Waals surface area contributed by atoms with Crippen LogP contribution >= 0.6 is 0 Å². The summed E-state index contributed by atoms with van der Waals surface area (Å²) in [6, 6.07) is -0.0151. The van der Waals surface area contributed by atoms with Gasteiger partial charge < -0.3 is 10.6 Å². The van der Waals surface area contributed by atoms with Crippen LogP contribution in [0, 0.1) is 11.8 Å². The van der Waals surface area contributed by atoms with Crippen LogP contribution in [-0.4, -0.2) is 49.8 Å². The quantitative estimate of drug-likeness (QED) is 0.441. The molecule has 0 spiro atoms. The Morgan fingerprint density at radius 2 is 2.19 bits per heavy atom. The lowest BCUT2D eigenvalue weighted by molar-refractivity contribution is -0.127. The second-order valence-corrected chi connectivity index (χ2v) is 6.08. The Labute approximate surface area is 129 Å². The molecule has 3 N–H and O–H groups in total. The molecule has 5 nitrogen and oxygen atoms in total. The number of likely N-dealkylation sites (N-methyl/N-ethyl adjacent to an activating group) is 1. The van der Waals surface area contributed by atoms with Crippen LogP contribution < -0.4 is 16.0 Å². The van der Waals surface area contributed by atoms with E-state index in [0.717, 1.165) is 26.1 Å². The summed E-state index contributed by atoms with van der Waals surface area (Å²) in [5.74, 6) is 1.13. The normalized spacial score (nSPS) is 24.2. The lowest BCUT2D eigenvalue weighted by Gasteiger charge is -2.30. The van der Waals surface area contributed by atoms with Gasteiger partial charge in [-0.3, -0.25) is 15.0 Å². The van der Waals surface area contributed by atoms with Crippen molar-refractivity contribution in [2.75, 3.05) is 26.8 Å².